The van der Waals surface area contributed by atoms with Crippen LogP contribution < -0.4 is 0 Å². The number of methoxy groups -OCH3 is 1. The van der Waals surface area contributed by atoms with Gasteiger partial charge in [-0.1, -0.05) is 19.8 Å². The molecule has 1 rings (SSSR count). The maximum atomic E-state index is 13.1. The molecule has 19 heavy (non-hydrogen) atoms. The topological polar surface area (TPSA) is 43.4 Å². The van der Waals surface area contributed by atoms with Gasteiger partial charge in [-0.25, -0.2) is 8.78 Å². The summed E-state index contributed by atoms with van der Waals surface area (Å²) in [5.74, 6) is -3.99. The maximum absolute atomic E-state index is 13.1. The highest BCUT2D eigenvalue weighted by molar-refractivity contribution is 6.08. The molecule has 3 nitrogen and oxygen atoms in total. The minimum atomic E-state index is -1.01. The van der Waals surface area contributed by atoms with E-state index in [2.05, 4.69) is 4.74 Å². The predicted octanol–water partition coefficient (Wildman–Crippen LogP) is 3.13. The van der Waals surface area contributed by atoms with Gasteiger partial charge < -0.3 is 4.74 Å². The van der Waals surface area contributed by atoms with Gasteiger partial charge in [0.25, 0.3) is 0 Å². The summed E-state index contributed by atoms with van der Waals surface area (Å²) in [6.07, 6.45) is 1.77. The normalized spacial score (nSPS) is 12.0. The molecule has 0 N–H and O–H groups in total. The van der Waals surface area contributed by atoms with Crippen LogP contribution in [0, 0.1) is 17.6 Å². The lowest BCUT2D eigenvalue weighted by Gasteiger charge is -2.13. The molecule has 0 heterocycles. The first-order valence-corrected chi connectivity index (χ1v) is 6.07. The molecule has 5 heteroatoms. The van der Waals surface area contributed by atoms with E-state index in [0.29, 0.717) is 18.9 Å². The molecule has 0 aliphatic carbocycles. The molecule has 104 valence electrons. The van der Waals surface area contributed by atoms with E-state index >= 15 is 0 Å². The average molecular weight is 270 g/mol. The first-order chi connectivity index (χ1) is 8.99. The van der Waals surface area contributed by atoms with Crippen LogP contribution in [0.5, 0.6) is 0 Å². The van der Waals surface area contributed by atoms with Gasteiger partial charge in [0, 0.05) is 11.6 Å². The van der Waals surface area contributed by atoms with Crippen LogP contribution in [-0.2, 0) is 9.53 Å². The highest BCUT2D eigenvalue weighted by Crippen LogP contribution is 2.19. The summed E-state index contributed by atoms with van der Waals surface area (Å²) in [7, 11) is 1.18. The van der Waals surface area contributed by atoms with E-state index in [4.69, 9.17) is 0 Å². The van der Waals surface area contributed by atoms with E-state index in [9.17, 15) is 18.4 Å². The van der Waals surface area contributed by atoms with E-state index in [1.54, 1.807) is 0 Å². The third kappa shape index (κ3) is 4.12. The van der Waals surface area contributed by atoms with Crippen molar-refractivity contribution in [2.45, 2.75) is 26.2 Å². The van der Waals surface area contributed by atoms with Gasteiger partial charge in [-0.15, -0.1) is 0 Å². The Morgan fingerprint density at radius 3 is 2.26 bits per heavy atom. The predicted molar refractivity (Wildman–Crippen MR) is 65.7 cm³/mol. The van der Waals surface area contributed by atoms with Crippen molar-refractivity contribution < 1.29 is 23.1 Å². The van der Waals surface area contributed by atoms with Crippen LogP contribution in [0.15, 0.2) is 18.2 Å². The number of ketones is 1. The molecule has 0 bridgehead atoms. The molecule has 0 radical (unpaired) electrons. The van der Waals surface area contributed by atoms with Gasteiger partial charge in [0.15, 0.2) is 5.78 Å². The Morgan fingerprint density at radius 2 is 1.79 bits per heavy atom. The molecule has 0 fully saturated rings. The monoisotopic (exact) mass is 270 g/mol. The summed E-state index contributed by atoms with van der Waals surface area (Å²) < 4.78 is 30.7. The minimum absolute atomic E-state index is 0.149. The molecule has 0 spiro atoms. The van der Waals surface area contributed by atoms with Crippen molar-refractivity contribution in [3.05, 3.63) is 35.4 Å². The van der Waals surface area contributed by atoms with Gasteiger partial charge in [-0.05, 0) is 18.6 Å². The van der Waals surface area contributed by atoms with Crippen molar-refractivity contribution in [2.24, 2.45) is 5.92 Å². The molecule has 0 saturated heterocycles. The third-order valence-corrected chi connectivity index (χ3v) is 2.80. The van der Waals surface area contributed by atoms with Crippen LogP contribution in [0.4, 0.5) is 8.78 Å². The Balaban J connectivity index is 3.00. The summed E-state index contributed by atoms with van der Waals surface area (Å²) in [4.78, 5) is 23.7. The summed E-state index contributed by atoms with van der Waals surface area (Å²) in [6, 6.07) is 2.52. The minimum Gasteiger partial charge on any atom is -0.468 e. The Labute approximate surface area is 110 Å². The summed E-state index contributed by atoms with van der Waals surface area (Å²) in [6.45, 7) is 1.92. The van der Waals surface area contributed by atoms with Crippen molar-refractivity contribution in [1.82, 2.24) is 0 Å². The zero-order valence-corrected chi connectivity index (χ0v) is 10.9. The second-order valence-electron chi connectivity index (χ2n) is 4.24. The van der Waals surface area contributed by atoms with Crippen LogP contribution in [0.1, 0.15) is 36.5 Å². The number of Topliss-reactive ketones (excluding diaryl/α,β-unsaturated/α-hetero) is 1. The van der Waals surface area contributed by atoms with E-state index in [1.807, 2.05) is 6.92 Å². The number of ether oxygens (including phenoxy) is 1. The Bertz CT molecular complexity index is 452. The fourth-order valence-electron chi connectivity index (χ4n) is 1.80. The number of unbranched alkanes of at least 4 members (excludes halogenated alkanes) is 1. The lowest BCUT2D eigenvalue weighted by Crippen LogP contribution is -2.25. The number of carbonyl (C=O) groups is 2. The molecule has 0 aliphatic heterocycles. The zero-order valence-electron chi connectivity index (χ0n) is 10.9. The van der Waals surface area contributed by atoms with E-state index in [-0.39, 0.29) is 5.56 Å². The second kappa shape index (κ2) is 6.97. The number of hydrogen-bond donors (Lipinski definition) is 0. The van der Waals surface area contributed by atoms with Gasteiger partial charge in [-0.3, -0.25) is 9.59 Å². The Hall–Kier alpha value is -1.78. The number of rotatable bonds is 6. The summed E-state index contributed by atoms with van der Waals surface area (Å²) in [5, 5.41) is 0. The van der Waals surface area contributed by atoms with Crippen LogP contribution >= 0.6 is 0 Å². The fraction of sp³-hybridized carbons (Fsp3) is 0.429. The first kappa shape index (κ1) is 15.3. The van der Waals surface area contributed by atoms with Crippen molar-refractivity contribution in [3.63, 3.8) is 0 Å². The fourth-order valence-corrected chi connectivity index (χ4v) is 1.80. The van der Waals surface area contributed by atoms with E-state index in [0.717, 1.165) is 18.6 Å². The molecular weight excluding hydrogens is 254 g/mol. The Kier molecular flexibility index (Phi) is 5.60. The SMILES string of the molecule is CCCCC(C(=O)OC)C(=O)c1cc(F)cc(F)c1. The smallest absolute Gasteiger partial charge is 0.316 e. The molecule has 1 aromatic carbocycles. The largest absolute Gasteiger partial charge is 0.468 e. The number of carbonyl (C=O) groups excluding carboxylic acids is 2. The van der Waals surface area contributed by atoms with Gasteiger partial charge >= 0.3 is 5.97 Å². The summed E-state index contributed by atoms with van der Waals surface area (Å²) in [5.41, 5.74) is -0.149. The highest BCUT2D eigenvalue weighted by Gasteiger charge is 2.28. The van der Waals surface area contributed by atoms with Crippen LogP contribution in [0.25, 0.3) is 0 Å². The van der Waals surface area contributed by atoms with Crippen LogP contribution in [0.2, 0.25) is 0 Å². The highest BCUT2D eigenvalue weighted by atomic mass is 19.1. The average Bonchev–Trinajstić information content (AvgIpc) is 2.37. The molecule has 1 aromatic rings. The van der Waals surface area contributed by atoms with Crippen LogP contribution in [-0.4, -0.2) is 18.9 Å². The van der Waals surface area contributed by atoms with Crippen molar-refractivity contribution in [2.75, 3.05) is 7.11 Å². The molecule has 1 unspecified atom stereocenters. The van der Waals surface area contributed by atoms with E-state index < -0.39 is 29.3 Å². The van der Waals surface area contributed by atoms with Crippen molar-refractivity contribution in [3.8, 4) is 0 Å². The van der Waals surface area contributed by atoms with E-state index in [1.165, 1.54) is 7.11 Å². The van der Waals surface area contributed by atoms with Gasteiger partial charge in [0.05, 0.1) is 7.11 Å². The first-order valence-electron chi connectivity index (χ1n) is 6.07. The van der Waals surface area contributed by atoms with Gasteiger partial charge in [0.1, 0.15) is 17.6 Å². The summed E-state index contributed by atoms with van der Waals surface area (Å²) >= 11 is 0. The molecule has 0 aliphatic rings. The molecule has 0 amide bonds. The molecule has 0 saturated carbocycles. The van der Waals surface area contributed by atoms with Crippen LogP contribution in [0.3, 0.4) is 0 Å². The number of hydrogen-bond acceptors (Lipinski definition) is 3. The zero-order chi connectivity index (χ0) is 14.4. The lowest BCUT2D eigenvalue weighted by molar-refractivity contribution is -0.143. The third-order valence-electron chi connectivity index (χ3n) is 2.80. The van der Waals surface area contributed by atoms with Gasteiger partial charge in [-0.2, -0.15) is 0 Å². The number of halogens is 2. The number of benzene rings is 1. The van der Waals surface area contributed by atoms with Crippen molar-refractivity contribution >= 4 is 11.8 Å². The van der Waals surface area contributed by atoms with Crippen molar-refractivity contribution in [1.29, 1.82) is 0 Å². The maximum Gasteiger partial charge on any atom is 0.316 e. The molecule has 1 atom stereocenters. The lowest BCUT2D eigenvalue weighted by atomic mass is 9.92. The molecule has 0 aromatic heterocycles. The molecular formula is C14H16F2O3. The second-order valence-corrected chi connectivity index (χ2v) is 4.24. The quantitative estimate of drug-likeness (QED) is 0.453. The van der Waals surface area contributed by atoms with Gasteiger partial charge in [0.2, 0.25) is 0 Å². The number of esters is 1. The Morgan fingerprint density at radius 1 is 1.21 bits per heavy atom. The standard InChI is InChI=1S/C14H16F2O3/c1-3-4-5-12(14(18)19-2)13(17)9-6-10(15)8-11(16)7-9/h6-8,12H,3-5H2,1-2H3.